The quantitative estimate of drug-likeness (QED) is 0.823. The van der Waals surface area contributed by atoms with E-state index in [0.29, 0.717) is 16.5 Å². The van der Waals surface area contributed by atoms with Gasteiger partial charge in [0.25, 0.3) is 5.91 Å². The summed E-state index contributed by atoms with van der Waals surface area (Å²) in [7, 11) is 0. The molecular weight excluding hydrogens is 342 g/mol. The van der Waals surface area contributed by atoms with Crippen molar-refractivity contribution in [3.05, 3.63) is 40.9 Å². The molecule has 2 aromatic rings. The van der Waals surface area contributed by atoms with Gasteiger partial charge in [0, 0.05) is 6.04 Å². The number of nitrogens with zero attached hydrogens (tertiary/aromatic N) is 3. The number of hydrogen-bond donors (Lipinski definition) is 2. The van der Waals surface area contributed by atoms with E-state index in [2.05, 4.69) is 20.7 Å². The van der Waals surface area contributed by atoms with Crippen molar-refractivity contribution in [2.45, 2.75) is 46.2 Å². The van der Waals surface area contributed by atoms with Crippen LogP contribution >= 0.6 is 11.6 Å². The maximum absolute atomic E-state index is 12.3. The van der Waals surface area contributed by atoms with Crippen molar-refractivity contribution >= 4 is 23.4 Å². The number of aryl methyl sites for hydroxylation is 1. The van der Waals surface area contributed by atoms with Crippen molar-refractivity contribution in [3.63, 3.8) is 0 Å². The lowest BCUT2D eigenvalue weighted by molar-refractivity contribution is -0.123. The van der Waals surface area contributed by atoms with Crippen LogP contribution in [0, 0.1) is 6.92 Å². The molecule has 2 rings (SSSR count). The summed E-state index contributed by atoms with van der Waals surface area (Å²) in [6.07, 6.45) is 0.815. The van der Waals surface area contributed by atoms with Crippen LogP contribution in [-0.4, -0.2) is 38.7 Å². The van der Waals surface area contributed by atoms with Crippen LogP contribution in [0.3, 0.4) is 0 Å². The van der Waals surface area contributed by atoms with Gasteiger partial charge in [0.1, 0.15) is 11.9 Å². The molecule has 0 spiro atoms. The molecule has 0 aliphatic heterocycles. The van der Waals surface area contributed by atoms with E-state index in [0.717, 1.165) is 6.42 Å². The van der Waals surface area contributed by atoms with E-state index >= 15 is 0 Å². The second-order valence-corrected chi connectivity index (χ2v) is 6.27. The van der Waals surface area contributed by atoms with Gasteiger partial charge in [-0.25, -0.2) is 9.67 Å². The zero-order valence-corrected chi connectivity index (χ0v) is 15.5. The SMILES string of the molecule is CCC(C)NC(=O)C(C)NC(=O)c1nc(C)n(-c2ccccc2Cl)n1. The Kier molecular flexibility index (Phi) is 6.14. The van der Waals surface area contributed by atoms with E-state index in [9.17, 15) is 9.59 Å². The fraction of sp³-hybridized carbons (Fsp3) is 0.412. The highest BCUT2D eigenvalue weighted by Crippen LogP contribution is 2.20. The molecule has 2 amide bonds. The first-order chi connectivity index (χ1) is 11.8. The fourth-order valence-corrected chi connectivity index (χ4v) is 2.35. The minimum atomic E-state index is -0.686. The van der Waals surface area contributed by atoms with Gasteiger partial charge in [0.05, 0.1) is 10.7 Å². The molecule has 0 bridgehead atoms. The monoisotopic (exact) mass is 363 g/mol. The Labute approximate surface area is 151 Å². The van der Waals surface area contributed by atoms with Crippen molar-refractivity contribution in [2.24, 2.45) is 0 Å². The predicted octanol–water partition coefficient (Wildman–Crippen LogP) is 2.26. The van der Waals surface area contributed by atoms with Crippen molar-refractivity contribution < 1.29 is 9.59 Å². The second-order valence-electron chi connectivity index (χ2n) is 5.86. The first-order valence-electron chi connectivity index (χ1n) is 8.13. The van der Waals surface area contributed by atoms with Crippen molar-refractivity contribution in [1.82, 2.24) is 25.4 Å². The molecule has 8 heteroatoms. The van der Waals surface area contributed by atoms with Gasteiger partial charge >= 0.3 is 0 Å². The maximum Gasteiger partial charge on any atom is 0.291 e. The summed E-state index contributed by atoms with van der Waals surface area (Å²) in [4.78, 5) is 28.5. The lowest BCUT2D eigenvalue weighted by atomic mass is 10.2. The number of amides is 2. The Morgan fingerprint density at radius 1 is 1.24 bits per heavy atom. The summed E-state index contributed by atoms with van der Waals surface area (Å²) in [6, 6.07) is 6.51. The Bertz CT molecular complexity index is 774. The summed E-state index contributed by atoms with van der Waals surface area (Å²) >= 11 is 6.17. The standard InChI is InChI=1S/C17H22ClN5O2/c1-5-10(2)19-16(24)11(3)20-17(25)15-21-12(4)23(22-15)14-9-7-6-8-13(14)18/h6-11H,5H2,1-4H3,(H,19,24)(H,20,25). The van der Waals surface area contributed by atoms with Crippen LogP contribution in [0.2, 0.25) is 5.02 Å². The molecular formula is C17H22ClN5O2. The molecule has 1 aromatic heterocycles. The molecule has 0 aliphatic rings. The summed E-state index contributed by atoms with van der Waals surface area (Å²) in [5.74, 6) is -0.249. The maximum atomic E-state index is 12.3. The molecule has 25 heavy (non-hydrogen) atoms. The molecule has 0 aliphatic carbocycles. The molecule has 0 saturated heterocycles. The van der Waals surface area contributed by atoms with E-state index in [1.54, 1.807) is 26.0 Å². The number of aromatic nitrogens is 3. The Morgan fingerprint density at radius 2 is 1.92 bits per heavy atom. The molecule has 2 atom stereocenters. The normalized spacial score (nSPS) is 13.2. The van der Waals surface area contributed by atoms with Gasteiger partial charge in [-0.05, 0) is 39.3 Å². The predicted molar refractivity (Wildman–Crippen MR) is 95.9 cm³/mol. The first kappa shape index (κ1) is 18.9. The number of hydrogen-bond acceptors (Lipinski definition) is 4. The van der Waals surface area contributed by atoms with Gasteiger partial charge in [-0.2, -0.15) is 0 Å². The Balaban J connectivity index is 2.12. The Hall–Kier alpha value is -2.41. The van der Waals surface area contributed by atoms with Crippen LogP contribution in [0.1, 0.15) is 43.6 Å². The van der Waals surface area contributed by atoms with E-state index in [-0.39, 0.29) is 17.8 Å². The van der Waals surface area contributed by atoms with Crippen LogP contribution in [0.15, 0.2) is 24.3 Å². The zero-order chi connectivity index (χ0) is 18.6. The molecule has 2 N–H and O–H groups in total. The van der Waals surface area contributed by atoms with Gasteiger partial charge in [0.15, 0.2) is 0 Å². The molecule has 0 fully saturated rings. The highest BCUT2D eigenvalue weighted by atomic mass is 35.5. The van der Waals surface area contributed by atoms with Gasteiger partial charge in [-0.1, -0.05) is 30.7 Å². The summed E-state index contributed by atoms with van der Waals surface area (Å²) in [6.45, 7) is 7.23. The molecule has 1 aromatic carbocycles. The average Bonchev–Trinajstić information content (AvgIpc) is 2.96. The topological polar surface area (TPSA) is 88.9 Å². The number of carbonyl (C=O) groups excluding carboxylic acids is 2. The smallest absolute Gasteiger partial charge is 0.291 e. The van der Waals surface area contributed by atoms with Crippen LogP contribution in [0.5, 0.6) is 0 Å². The van der Waals surface area contributed by atoms with Crippen molar-refractivity contribution in [2.75, 3.05) is 0 Å². The molecule has 7 nitrogen and oxygen atoms in total. The largest absolute Gasteiger partial charge is 0.352 e. The molecule has 134 valence electrons. The van der Waals surface area contributed by atoms with E-state index in [4.69, 9.17) is 11.6 Å². The highest BCUT2D eigenvalue weighted by molar-refractivity contribution is 6.32. The number of carbonyl (C=O) groups is 2. The fourth-order valence-electron chi connectivity index (χ4n) is 2.13. The summed E-state index contributed by atoms with van der Waals surface area (Å²) < 4.78 is 1.50. The minimum absolute atomic E-state index is 0.0133. The van der Waals surface area contributed by atoms with Gasteiger partial charge < -0.3 is 10.6 Å². The average molecular weight is 364 g/mol. The van der Waals surface area contributed by atoms with Gasteiger partial charge in [-0.15, -0.1) is 5.10 Å². The number of para-hydroxylation sites is 1. The molecule has 0 radical (unpaired) electrons. The third-order valence-electron chi connectivity index (χ3n) is 3.79. The van der Waals surface area contributed by atoms with E-state index in [1.165, 1.54) is 4.68 Å². The number of rotatable bonds is 6. The summed E-state index contributed by atoms with van der Waals surface area (Å²) in [5.41, 5.74) is 0.635. The molecule has 1 heterocycles. The van der Waals surface area contributed by atoms with Crippen molar-refractivity contribution in [3.8, 4) is 5.69 Å². The van der Waals surface area contributed by atoms with E-state index in [1.807, 2.05) is 26.0 Å². The highest BCUT2D eigenvalue weighted by Gasteiger charge is 2.21. The third-order valence-corrected chi connectivity index (χ3v) is 4.11. The number of nitrogens with one attached hydrogen (secondary N) is 2. The van der Waals surface area contributed by atoms with Crippen LogP contribution in [-0.2, 0) is 4.79 Å². The molecule has 2 unspecified atom stereocenters. The second kappa shape index (κ2) is 8.11. The summed E-state index contributed by atoms with van der Waals surface area (Å²) in [5, 5.41) is 10.1. The Morgan fingerprint density at radius 3 is 2.56 bits per heavy atom. The number of benzene rings is 1. The number of halogens is 1. The van der Waals surface area contributed by atoms with E-state index < -0.39 is 11.9 Å². The molecule has 0 saturated carbocycles. The van der Waals surface area contributed by atoms with Crippen LogP contribution < -0.4 is 10.6 Å². The zero-order valence-electron chi connectivity index (χ0n) is 14.7. The lowest BCUT2D eigenvalue weighted by Crippen LogP contribution is -2.47. The van der Waals surface area contributed by atoms with Crippen LogP contribution in [0.25, 0.3) is 5.69 Å². The lowest BCUT2D eigenvalue weighted by Gasteiger charge is -2.16. The van der Waals surface area contributed by atoms with Gasteiger partial charge in [-0.3, -0.25) is 9.59 Å². The third kappa shape index (κ3) is 4.57. The van der Waals surface area contributed by atoms with Gasteiger partial charge in [0.2, 0.25) is 11.7 Å². The first-order valence-corrected chi connectivity index (χ1v) is 8.51. The van der Waals surface area contributed by atoms with Crippen LogP contribution in [0.4, 0.5) is 0 Å². The minimum Gasteiger partial charge on any atom is -0.352 e. The van der Waals surface area contributed by atoms with Crippen molar-refractivity contribution in [1.29, 1.82) is 0 Å².